The molecular formula is C16H18ClN5O2. The van der Waals surface area contributed by atoms with Gasteiger partial charge in [0, 0.05) is 12.1 Å². The van der Waals surface area contributed by atoms with Gasteiger partial charge in [-0.2, -0.15) is 5.26 Å². The van der Waals surface area contributed by atoms with Gasteiger partial charge in [-0.25, -0.2) is 4.99 Å². The zero-order valence-electron chi connectivity index (χ0n) is 13.0. The highest BCUT2D eigenvalue weighted by atomic mass is 35.5. The average Bonchev–Trinajstić information content (AvgIpc) is 2.57. The van der Waals surface area contributed by atoms with E-state index in [1.807, 2.05) is 6.07 Å². The fourth-order valence-electron chi connectivity index (χ4n) is 2.56. The van der Waals surface area contributed by atoms with Crippen molar-refractivity contribution in [2.45, 2.75) is 37.8 Å². The Hall–Kier alpha value is -2.59. The minimum atomic E-state index is -0.457. The summed E-state index contributed by atoms with van der Waals surface area (Å²) in [6.45, 7) is 0. The molecule has 0 atom stereocenters. The molecule has 0 aromatic heterocycles. The minimum absolute atomic E-state index is 0.0152. The maximum Gasteiger partial charge on any atom is 0.286 e. The summed E-state index contributed by atoms with van der Waals surface area (Å²) in [6.07, 6.45) is 3.86. The zero-order chi connectivity index (χ0) is 17.5. The summed E-state index contributed by atoms with van der Waals surface area (Å²) in [5, 5.41) is 18.8. The predicted octanol–water partition coefficient (Wildman–Crippen LogP) is 1.98. The Kier molecular flexibility index (Phi) is 6.15. The molecule has 1 aliphatic carbocycles. The highest BCUT2D eigenvalue weighted by molar-refractivity contribution is 6.38. The third-order valence-electron chi connectivity index (χ3n) is 3.81. The van der Waals surface area contributed by atoms with Gasteiger partial charge in [-0.05, 0) is 37.8 Å². The number of rotatable bonds is 4. The first kappa shape index (κ1) is 17.8. The van der Waals surface area contributed by atoms with E-state index in [9.17, 15) is 4.79 Å². The highest BCUT2D eigenvalue weighted by Gasteiger charge is 2.24. The second kappa shape index (κ2) is 8.31. The number of nitriles is 1. The van der Waals surface area contributed by atoms with Crippen molar-refractivity contribution >= 4 is 29.7 Å². The van der Waals surface area contributed by atoms with Crippen LogP contribution in [0.15, 0.2) is 23.2 Å². The lowest BCUT2D eigenvalue weighted by Gasteiger charge is -2.29. The van der Waals surface area contributed by atoms with Crippen molar-refractivity contribution in [2.24, 2.45) is 10.7 Å². The molecule has 0 heterocycles. The number of amidine groups is 1. The molecule has 7 nitrogen and oxygen atoms in total. The van der Waals surface area contributed by atoms with Crippen molar-refractivity contribution in [1.82, 2.24) is 5.32 Å². The summed E-state index contributed by atoms with van der Waals surface area (Å²) in [5.74, 6) is -0.0359. The van der Waals surface area contributed by atoms with Crippen LogP contribution in [0.3, 0.4) is 0 Å². The van der Waals surface area contributed by atoms with Gasteiger partial charge in [0.1, 0.15) is 18.2 Å². The Morgan fingerprint density at radius 3 is 2.75 bits per heavy atom. The molecule has 0 saturated heterocycles. The van der Waals surface area contributed by atoms with Gasteiger partial charge in [-0.1, -0.05) is 11.6 Å². The van der Waals surface area contributed by atoms with Crippen LogP contribution >= 0.6 is 11.6 Å². The number of nitrogens with one attached hydrogen (secondary N) is 2. The number of carbonyl (C=O) groups is 1. The summed E-state index contributed by atoms with van der Waals surface area (Å²) in [7, 11) is 0. The van der Waals surface area contributed by atoms with Crippen LogP contribution in [-0.2, 0) is 4.79 Å². The summed E-state index contributed by atoms with van der Waals surface area (Å²) >= 11 is 5.99. The van der Waals surface area contributed by atoms with E-state index in [1.54, 1.807) is 18.2 Å². The summed E-state index contributed by atoms with van der Waals surface area (Å²) in [6, 6.07) is 7.03. The summed E-state index contributed by atoms with van der Waals surface area (Å²) < 4.78 is 5.89. The van der Waals surface area contributed by atoms with Crippen molar-refractivity contribution in [2.75, 3.05) is 0 Å². The number of nitrogens with two attached hydrogens (primary N) is 1. The zero-order valence-corrected chi connectivity index (χ0v) is 13.7. The van der Waals surface area contributed by atoms with Crippen molar-refractivity contribution < 1.29 is 9.53 Å². The lowest BCUT2D eigenvalue weighted by atomic mass is 9.93. The van der Waals surface area contributed by atoms with Gasteiger partial charge in [-0.3, -0.25) is 10.2 Å². The number of aliphatic imine (C=N–C) groups is 1. The number of carbonyl (C=O) groups excluding carboxylic acids is 1. The fraction of sp³-hybridized carbons (Fsp3) is 0.375. The number of benzene rings is 1. The van der Waals surface area contributed by atoms with Gasteiger partial charge in [0.05, 0.1) is 16.7 Å². The normalized spacial score (nSPS) is 20.8. The molecule has 0 bridgehead atoms. The van der Waals surface area contributed by atoms with Gasteiger partial charge in [0.25, 0.3) is 5.91 Å². The van der Waals surface area contributed by atoms with Gasteiger partial charge in [-0.15, -0.1) is 0 Å². The SMILES string of the molecule is N#Cc1ccc(OC2CCC(NC(=O)C(N)=NC=N)CC2)cc1Cl. The largest absolute Gasteiger partial charge is 0.490 e. The van der Waals surface area contributed by atoms with Crippen molar-refractivity contribution in [1.29, 1.82) is 10.7 Å². The molecule has 1 amide bonds. The molecular weight excluding hydrogens is 330 g/mol. The van der Waals surface area contributed by atoms with Crippen molar-refractivity contribution in [3.05, 3.63) is 28.8 Å². The first-order valence-electron chi connectivity index (χ1n) is 7.53. The summed E-state index contributed by atoms with van der Waals surface area (Å²) in [4.78, 5) is 15.2. The Bertz CT molecular complexity index is 690. The quantitative estimate of drug-likeness (QED) is 0.568. The Morgan fingerprint density at radius 1 is 1.46 bits per heavy atom. The average molecular weight is 348 g/mol. The number of hydrogen-bond donors (Lipinski definition) is 3. The van der Waals surface area contributed by atoms with Gasteiger partial charge in [0.2, 0.25) is 0 Å². The molecule has 1 saturated carbocycles. The molecule has 8 heteroatoms. The standard InChI is InChI=1S/C16H18ClN5O2/c17-14-7-13(4-1-10(14)8-18)24-12-5-2-11(3-6-12)22-16(23)15(20)21-9-19/h1,4,7,9,11-12H,2-3,5-6H2,(H,22,23)(H3,19,20,21). The van der Waals surface area contributed by atoms with Crippen molar-refractivity contribution in [3.63, 3.8) is 0 Å². The monoisotopic (exact) mass is 347 g/mol. The molecule has 0 spiro atoms. The highest BCUT2D eigenvalue weighted by Crippen LogP contribution is 2.27. The third-order valence-corrected chi connectivity index (χ3v) is 4.12. The third kappa shape index (κ3) is 4.70. The molecule has 1 aliphatic rings. The number of halogens is 1. The van der Waals surface area contributed by atoms with Crippen LogP contribution in [0.1, 0.15) is 31.2 Å². The summed E-state index contributed by atoms with van der Waals surface area (Å²) in [5.41, 5.74) is 5.86. The first-order valence-corrected chi connectivity index (χ1v) is 7.90. The van der Waals surface area contributed by atoms with Crippen LogP contribution in [0.4, 0.5) is 0 Å². The topological polar surface area (TPSA) is 124 Å². The second-order valence-corrected chi connectivity index (χ2v) is 5.87. The van der Waals surface area contributed by atoms with Crippen LogP contribution in [0, 0.1) is 16.7 Å². The molecule has 4 N–H and O–H groups in total. The van der Waals surface area contributed by atoms with E-state index in [0.717, 1.165) is 32.0 Å². The van der Waals surface area contributed by atoms with Crippen LogP contribution in [-0.4, -0.2) is 30.2 Å². The fourth-order valence-corrected chi connectivity index (χ4v) is 2.78. The number of nitrogens with zero attached hydrogens (tertiary/aromatic N) is 2. The first-order chi connectivity index (χ1) is 11.5. The lowest BCUT2D eigenvalue weighted by Crippen LogP contribution is -2.45. The van der Waals surface area contributed by atoms with Crippen LogP contribution in [0.2, 0.25) is 5.02 Å². The van der Waals surface area contributed by atoms with Gasteiger partial charge < -0.3 is 15.8 Å². The predicted molar refractivity (Wildman–Crippen MR) is 91.4 cm³/mol. The Morgan fingerprint density at radius 2 is 2.17 bits per heavy atom. The number of ether oxygens (including phenoxy) is 1. The molecule has 0 aliphatic heterocycles. The van der Waals surface area contributed by atoms with Gasteiger partial charge >= 0.3 is 0 Å². The molecule has 24 heavy (non-hydrogen) atoms. The molecule has 126 valence electrons. The van der Waals surface area contributed by atoms with E-state index in [0.29, 0.717) is 16.3 Å². The van der Waals surface area contributed by atoms with E-state index in [1.165, 1.54) is 0 Å². The van der Waals surface area contributed by atoms with Crippen LogP contribution in [0.25, 0.3) is 0 Å². The Balaban J connectivity index is 1.84. The van der Waals surface area contributed by atoms with E-state index < -0.39 is 5.91 Å². The molecule has 1 aromatic carbocycles. The Labute approximate surface area is 145 Å². The molecule has 1 aromatic rings. The minimum Gasteiger partial charge on any atom is -0.490 e. The maximum absolute atomic E-state index is 11.7. The molecule has 0 radical (unpaired) electrons. The molecule has 2 rings (SSSR count). The van der Waals surface area contributed by atoms with E-state index >= 15 is 0 Å². The second-order valence-electron chi connectivity index (χ2n) is 5.46. The smallest absolute Gasteiger partial charge is 0.286 e. The van der Waals surface area contributed by atoms with E-state index in [4.69, 9.17) is 32.7 Å². The van der Waals surface area contributed by atoms with E-state index in [2.05, 4.69) is 10.3 Å². The van der Waals surface area contributed by atoms with Crippen molar-refractivity contribution in [3.8, 4) is 11.8 Å². The van der Waals surface area contributed by atoms with Crippen LogP contribution in [0.5, 0.6) is 5.75 Å². The lowest BCUT2D eigenvalue weighted by molar-refractivity contribution is -0.115. The number of amides is 1. The maximum atomic E-state index is 11.7. The molecule has 0 unspecified atom stereocenters. The number of hydrogen-bond acceptors (Lipinski definition) is 4. The van der Waals surface area contributed by atoms with E-state index in [-0.39, 0.29) is 18.0 Å². The van der Waals surface area contributed by atoms with Crippen LogP contribution < -0.4 is 15.8 Å². The molecule has 1 fully saturated rings. The van der Waals surface area contributed by atoms with Gasteiger partial charge in [0.15, 0.2) is 5.84 Å².